The second-order valence-corrected chi connectivity index (χ2v) is 4.31. The fourth-order valence-corrected chi connectivity index (χ4v) is 1.46. The molecule has 2 N–H and O–H groups in total. The Morgan fingerprint density at radius 3 is 2.61 bits per heavy atom. The summed E-state index contributed by atoms with van der Waals surface area (Å²) < 4.78 is 0. The summed E-state index contributed by atoms with van der Waals surface area (Å²) in [4.78, 5) is 17.4. The maximum absolute atomic E-state index is 11.6. The molecule has 0 aliphatic carbocycles. The first kappa shape index (κ1) is 14.4. The van der Waals surface area contributed by atoms with E-state index in [4.69, 9.17) is 0 Å². The number of hydrogen-bond donors (Lipinski definition) is 2. The maximum atomic E-state index is 11.6. The lowest BCUT2D eigenvalue weighted by Crippen LogP contribution is -2.23. The summed E-state index contributed by atoms with van der Waals surface area (Å²) in [6.07, 6.45) is 2.74. The number of hydrogen-bond acceptors (Lipinski definition) is 4. The molecule has 0 aromatic carbocycles. The number of aromatic nitrogens is 1. The van der Waals surface area contributed by atoms with Crippen LogP contribution < -0.4 is 10.6 Å². The van der Waals surface area contributed by atoms with Crippen LogP contribution in [0.4, 0.5) is 5.82 Å². The summed E-state index contributed by atoms with van der Waals surface area (Å²) in [5.41, 5.74) is 0.606. The van der Waals surface area contributed by atoms with Crippen LogP contribution in [0.1, 0.15) is 23.7 Å². The van der Waals surface area contributed by atoms with Gasteiger partial charge < -0.3 is 15.5 Å². The highest BCUT2D eigenvalue weighted by molar-refractivity contribution is 5.93. The van der Waals surface area contributed by atoms with Crippen LogP contribution in [-0.2, 0) is 0 Å². The van der Waals surface area contributed by atoms with Gasteiger partial charge in [-0.15, -0.1) is 0 Å². The predicted molar refractivity (Wildman–Crippen MR) is 73.9 cm³/mol. The van der Waals surface area contributed by atoms with E-state index in [2.05, 4.69) is 22.5 Å². The molecule has 0 atom stereocenters. The lowest BCUT2D eigenvalue weighted by atomic mass is 10.2. The zero-order valence-corrected chi connectivity index (χ0v) is 11.4. The van der Waals surface area contributed by atoms with Crippen LogP contribution in [0.5, 0.6) is 0 Å². The fourth-order valence-electron chi connectivity index (χ4n) is 1.46. The van der Waals surface area contributed by atoms with Gasteiger partial charge in [0.1, 0.15) is 5.82 Å². The minimum absolute atomic E-state index is 0.0290. The van der Waals surface area contributed by atoms with E-state index >= 15 is 0 Å². The quantitative estimate of drug-likeness (QED) is 0.714. The number of pyridine rings is 1. The average Bonchev–Trinajstić information content (AvgIpc) is 2.38. The molecule has 1 amide bonds. The molecule has 0 saturated carbocycles. The molecule has 0 fully saturated rings. The van der Waals surface area contributed by atoms with Crippen molar-refractivity contribution in [2.24, 2.45) is 0 Å². The van der Waals surface area contributed by atoms with Gasteiger partial charge in [-0.1, -0.05) is 6.92 Å². The van der Waals surface area contributed by atoms with Crippen molar-refractivity contribution < 1.29 is 4.79 Å². The Kier molecular flexibility index (Phi) is 6.14. The SMILES string of the molecule is CCCNCCNc1ccc(C(=O)N(C)C)cn1. The van der Waals surface area contributed by atoms with Crippen molar-refractivity contribution in [2.45, 2.75) is 13.3 Å². The minimum Gasteiger partial charge on any atom is -0.369 e. The number of carbonyl (C=O) groups is 1. The van der Waals surface area contributed by atoms with Gasteiger partial charge in [0.05, 0.1) is 5.56 Å². The van der Waals surface area contributed by atoms with Gasteiger partial charge in [-0.25, -0.2) is 4.98 Å². The van der Waals surface area contributed by atoms with Gasteiger partial charge in [0.25, 0.3) is 5.91 Å². The van der Waals surface area contributed by atoms with Crippen molar-refractivity contribution in [2.75, 3.05) is 39.0 Å². The Balaban J connectivity index is 2.38. The van der Waals surface area contributed by atoms with Crippen molar-refractivity contribution in [1.29, 1.82) is 0 Å². The van der Waals surface area contributed by atoms with E-state index in [1.165, 1.54) is 0 Å². The summed E-state index contributed by atoms with van der Waals surface area (Å²) >= 11 is 0. The lowest BCUT2D eigenvalue weighted by Gasteiger charge is -2.10. The molecule has 18 heavy (non-hydrogen) atoms. The number of anilines is 1. The van der Waals surface area contributed by atoms with E-state index in [9.17, 15) is 4.79 Å². The molecule has 0 aliphatic heterocycles. The van der Waals surface area contributed by atoms with Crippen LogP contribution in [0.2, 0.25) is 0 Å². The van der Waals surface area contributed by atoms with Gasteiger partial charge >= 0.3 is 0 Å². The van der Waals surface area contributed by atoms with Crippen molar-refractivity contribution in [3.8, 4) is 0 Å². The number of rotatable bonds is 7. The van der Waals surface area contributed by atoms with Crippen LogP contribution >= 0.6 is 0 Å². The van der Waals surface area contributed by atoms with Crippen LogP contribution in [0, 0.1) is 0 Å². The summed E-state index contributed by atoms with van der Waals surface area (Å²) in [5, 5.41) is 6.50. The second-order valence-electron chi connectivity index (χ2n) is 4.31. The molecule has 1 rings (SSSR count). The molecule has 0 saturated heterocycles. The first-order valence-corrected chi connectivity index (χ1v) is 6.27. The molecule has 1 aromatic heterocycles. The van der Waals surface area contributed by atoms with Crippen LogP contribution in [0.15, 0.2) is 18.3 Å². The van der Waals surface area contributed by atoms with Gasteiger partial charge in [-0.05, 0) is 25.1 Å². The average molecular weight is 250 g/mol. The Bertz CT molecular complexity index is 362. The third kappa shape index (κ3) is 4.71. The predicted octanol–water partition coefficient (Wildman–Crippen LogP) is 1.19. The largest absolute Gasteiger partial charge is 0.369 e. The second kappa shape index (κ2) is 7.66. The number of nitrogens with one attached hydrogen (secondary N) is 2. The number of carbonyl (C=O) groups excluding carboxylic acids is 1. The fraction of sp³-hybridized carbons (Fsp3) is 0.538. The van der Waals surface area contributed by atoms with E-state index in [1.54, 1.807) is 31.3 Å². The first-order chi connectivity index (χ1) is 8.65. The standard InChI is InChI=1S/C13H22N4O/c1-4-7-14-8-9-15-12-6-5-11(10-16-12)13(18)17(2)3/h5-6,10,14H,4,7-9H2,1-3H3,(H,15,16). The van der Waals surface area contributed by atoms with Crippen molar-refractivity contribution in [3.05, 3.63) is 23.9 Å². The monoisotopic (exact) mass is 250 g/mol. The topological polar surface area (TPSA) is 57.3 Å². The smallest absolute Gasteiger partial charge is 0.254 e. The Labute approximate surface area is 109 Å². The molecule has 0 unspecified atom stereocenters. The minimum atomic E-state index is -0.0290. The Morgan fingerprint density at radius 1 is 1.28 bits per heavy atom. The van der Waals surface area contributed by atoms with E-state index < -0.39 is 0 Å². The zero-order chi connectivity index (χ0) is 13.4. The summed E-state index contributed by atoms with van der Waals surface area (Å²) in [6.45, 7) is 4.91. The maximum Gasteiger partial charge on any atom is 0.254 e. The summed E-state index contributed by atoms with van der Waals surface area (Å²) in [5.74, 6) is 0.766. The third-order valence-corrected chi connectivity index (χ3v) is 2.45. The van der Waals surface area contributed by atoms with Crippen LogP contribution in [-0.4, -0.2) is 49.5 Å². The highest BCUT2D eigenvalue weighted by Crippen LogP contribution is 2.06. The molecule has 5 heteroatoms. The van der Waals surface area contributed by atoms with E-state index in [0.717, 1.165) is 31.9 Å². The molecule has 5 nitrogen and oxygen atoms in total. The normalized spacial score (nSPS) is 10.2. The molecular formula is C13H22N4O. The van der Waals surface area contributed by atoms with Crippen LogP contribution in [0.25, 0.3) is 0 Å². The first-order valence-electron chi connectivity index (χ1n) is 6.27. The van der Waals surface area contributed by atoms with Gasteiger partial charge in [0.2, 0.25) is 0 Å². The Hall–Kier alpha value is -1.62. The molecule has 0 spiro atoms. The van der Waals surface area contributed by atoms with Crippen molar-refractivity contribution >= 4 is 11.7 Å². The highest BCUT2D eigenvalue weighted by Gasteiger charge is 2.07. The number of amides is 1. The lowest BCUT2D eigenvalue weighted by molar-refractivity contribution is 0.0827. The van der Waals surface area contributed by atoms with Crippen LogP contribution in [0.3, 0.4) is 0 Å². The molecule has 1 heterocycles. The van der Waals surface area contributed by atoms with E-state index in [0.29, 0.717) is 5.56 Å². The van der Waals surface area contributed by atoms with Gasteiger partial charge in [-0.2, -0.15) is 0 Å². The van der Waals surface area contributed by atoms with Gasteiger partial charge in [-0.3, -0.25) is 4.79 Å². The molecule has 0 radical (unpaired) electrons. The molecule has 0 bridgehead atoms. The molecular weight excluding hydrogens is 228 g/mol. The van der Waals surface area contributed by atoms with E-state index in [1.807, 2.05) is 6.07 Å². The third-order valence-electron chi connectivity index (χ3n) is 2.45. The molecule has 1 aromatic rings. The number of nitrogens with zero attached hydrogens (tertiary/aromatic N) is 2. The van der Waals surface area contributed by atoms with Gasteiger partial charge in [0, 0.05) is 33.4 Å². The van der Waals surface area contributed by atoms with Crippen molar-refractivity contribution in [1.82, 2.24) is 15.2 Å². The van der Waals surface area contributed by atoms with Gasteiger partial charge in [0.15, 0.2) is 0 Å². The highest BCUT2D eigenvalue weighted by atomic mass is 16.2. The Morgan fingerprint density at radius 2 is 2.06 bits per heavy atom. The molecule has 100 valence electrons. The van der Waals surface area contributed by atoms with Crippen molar-refractivity contribution in [3.63, 3.8) is 0 Å². The zero-order valence-electron chi connectivity index (χ0n) is 11.4. The summed E-state index contributed by atoms with van der Waals surface area (Å²) in [6, 6.07) is 3.62. The summed E-state index contributed by atoms with van der Waals surface area (Å²) in [7, 11) is 3.46. The van der Waals surface area contributed by atoms with E-state index in [-0.39, 0.29) is 5.91 Å². The molecule has 0 aliphatic rings.